The van der Waals surface area contributed by atoms with Crippen molar-refractivity contribution in [1.82, 2.24) is 4.90 Å². The summed E-state index contributed by atoms with van der Waals surface area (Å²) in [6.07, 6.45) is 0. The molecular weight excluding hydrogens is 447 g/mol. The fourth-order valence-electron chi connectivity index (χ4n) is 3.35. The number of anilines is 1. The van der Waals surface area contributed by atoms with Gasteiger partial charge in [0.05, 0.1) is 15.5 Å². The molecule has 0 bridgehead atoms. The third kappa shape index (κ3) is 4.37. The van der Waals surface area contributed by atoms with Crippen molar-refractivity contribution in [1.29, 1.82) is 0 Å². The van der Waals surface area contributed by atoms with Crippen LogP contribution in [0.4, 0.5) is 10.1 Å². The molecular formula is C24H21FN2O3S2. The Kier molecular flexibility index (Phi) is 5.99. The van der Waals surface area contributed by atoms with Gasteiger partial charge in [0.25, 0.3) is 15.9 Å². The van der Waals surface area contributed by atoms with Crippen LogP contribution in [-0.4, -0.2) is 33.3 Å². The second-order valence-electron chi connectivity index (χ2n) is 7.41. The minimum Gasteiger partial charge on any atom is -0.337 e. The van der Waals surface area contributed by atoms with E-state index >= 15 is 0 Å². The predicted octanol–water partition coefficient (Wildman–Crippen LogP) is 5.14. The topological polar surface area (TPSA) is 57.7 Å². The maximum atomic E-state index is 13.2. The lowest BCUT2D eigenvalue weighted by atomic mass is 10.2. The summed E-state index contributed by atoms with van der Waals surface area (Å²) in [6.45, 7) is 0.498. The van der Waals surface area contributed by atoms with Crippen LogP contribution in [0.5, 0.6) is 0 Å². The lowest BCUT2D eigenvalue weighted by Crippen LogP contribution is -2.26. The smallest absolute Gasteiger partial charge is 0.264 e. The quantitative estimate of drug-likeness (QED) is 0.394. The Hall–Kier alpha value is -3.23. The summed E-state index contributed by atoms with van der Waals surface area (Å²) >= 11 is 1.37. The fraction of sp³-hybridized carbons (Fsp3) is 0.125. The number of benzene rings is 3. The number of fused-ring (bicyclic) bond motifs is 1. The molecule has 0 aliphatic rings. The number of nitrogens with zero attached hydrogens (tertiary/aromatic N) is 2. The number of hydrogen-bond acceptors (Lipinski definition) is 4. The van der Waals surface area contributed by atoms with Crippen molar-refractivity contribution in [3.8, 4) is 0 Å². The number of carbonyl (C=O) groups is 1. The number of halogens is 1. The third-order valence-corrected chi connectivity index (χ3v) is 8.06. The molecule has 0 fully saturated rings. The first-order chi connectivity index (χ1) is 15.3. The Labute approximate surface area is 190 Å². The molecule has 0 aliphatic heterocycles. The number of sulfonamides is 1. The first kappa shape index (κ1) is 22.0. The summed E-state index contributed by atoms with van der Waals surface area (Å²) < 4.78 is 41.0. The summed E-state index contributed by atoms with van der Waals surface area (Å²) in [5.74, 6) is -0.593. The van der Waals surface area contributed by atoms with Crippen LogP contribution in [0.2, 0.25) is 0 Å². The van der Waals surface area contributed by atoms with E-state index in [1.54, 1.807) is 36.2 Å². The molecule has 0 unspecified atom stereocenters. The highest BCUT2D eigenvalue weighted by Crippen LogP contribution is 2.32. The van der Waals surface area contributed by atoms with E-state index < -0.39 is 15.8 Å². The van der Waals surface area contributed by atoms with E-state index in [2.05, 4.69) is 0 Å². The molecule has 164 valence electrons. The van der Waals surface area contributed by atoms with Crippen molar-refractivity contribution in [2.75, 3.05) is 18.4 Å². The van der Waals surface area contributed by atoms with Crippen molar-refractivity contribution in [2.24, 2.45) is 0 Å². The molecule has 0 radical (unpaired) electrons. The standard InChI is InChI=1S/C24H21FN2O3S2/c1-26(16-17-6-4-3-5-7-17)24(28)23-15-18-14-20(10-13-22(18)31-23)27(2)32(29,30)21-11-8-19(25)9-12-21/h3-15H,16H2,1-2H3. The Morgan fingerprint density at radius 2 is 1.62 bits per heavy atom. The molecule has 0 spiro atoms. The van der Waals surface area contributed by atoms with Gasteiger partial charge in [0.1, 0.15) is 5.82 Å². The van der Waals surface area contributed by atoms with Gasteiger partial charge in [-0.2, -0.15) is 0 Å². The molecule has 8 heteroatoms. The van der Waals surface area contributed by atoms with Gasteiger partial charge in [0.2, 0.25) is 0 Å². The van der Waals surface area contributed by atoms with Gasteiger partial charge in [-0.1, -0.05) is 30.3 Å². The lowest BCUT2D eigenvalue weighted by molar-refractivity contribution is 0.0790. The van der Waals surface area contributed by atoms with Crippen molar-refractivity contribution < 1.29 is 17.6 Å². The van der Waals surface area contributed by atoms with Gasteiger partial charge in [0, 0.05) is 25.3 Å². The van der Waals surface area contributed by atoms with Crippen molar-refractivity contribution in [3.05, 3.63) is 95.1 Å². The molecule has 0 N–H and O–H groups in total. The Morgan fingerprint density at radius 3 is 2.31 bits per heavy atom. The second kappa shape index (κ2) is 8.72. The number of amides is 1. The van der Waals surface area contributed by atoms with Crippen molar-refractivity contribution >= 4 is 43.0 Å². The van der Waals surface area contributed by atoms with E-state index in [4.69, 9.17) is 0 Å². The highest BCUT2D eigenvalue weighted by atomic mass is 32.2. The molecule has 32 heavy (non-hydrogen) atoms. The van der Waals surface area contributed by atoms with Crippen LogP contribution >= 0.6 is 11.3 Å². The van der Waals surface area contributed by atoms with Gasteiger partial charge in [-0.3, -0.25) is 9.10 Å². The third-order valence-electron chi connectivity index (χ3n) is 5.16. The lowest BCUT2D eigenvalue weighted by Gasteiger charge is -2.19. The van der Waals surface area contributed by atoms with Gasteiger partial charge < -0.3 is 4.90 Å². The second-order valence-corrected chi connectivity index (χ2v) is 10.5. The zero-order valence-electron chi connectivity index (χ0n) is 17.5. The molecule has 0 saturated carbocycles. The monoisotopic (exact) mass is 468 g/mol. The molecule has 0 saturated heterocycles. The van der Waals surface area contributed by atoms with Crippen molar-refractivity contribution in [2.45, 2.75) is 11.4 Å². The summed E-state index contributed by atoms with van der Waals surface area (Å²) in [7, 11) is -0.632. The molecule has 0 aliphatic carbocycles. The van der Waals surface area contributed by atoms with Crippen LogP contribution in [0.1, 0.15) is 15.2 Å². The summed E-state index contributed by atoms with van der Waals surface area (Å²) in [5, 5.41) is 0.783. The fourth-order valence-corrected chi connectivity index (χ4v) is 5.58. The van der Waals surface area contributed by atoms with Gasteiger partial charge >= 0.3 is 0 Å². The maximum Gasteiger partial charge on any atom is 0.264 e. The minimum atomic E-state index is -3.84. The van der Waals surface area contributed by atoms with E-state index in [0.29, 0.717) is 17.1 Å². The first-order valence-corrected chi connectivity index (χ1v) is 12.1. The Bertz CT molecular complexity index is 1370. The molecule has 5 nitrogen and oxygen atoms in total. The molecule has 1 amide bonds. The summed E-state index contributed by atoms with van der Waals surface area (Å²) in [4.78, 5) is 15.2. The predicted molar refractivity (Wildman–Crippen MR) is 126 cm³/mol. The molecule has 1 aromatic heterocycles. The molecule has 4 rings (SSSR count). The number of thiophene rings is 1. The van der Waals surface area contributed by atoms with Crippen LogP contribution in [0.3, 0.4) is 0 Å². The molecule has 1 heterocycles. The average Bonchev–Trinajstić information content (AvgIpc) is 3.22. The summed E-state index contributed by atoms with van der Waals surface area (Å²) in [5.41, 5.74) is 1.50. The maximum absolute atomic E-state index is 13.2. The highest BCUT2D eigenvalue weighted by Gasteiger charge is 2.22. The van der Waals surface area contributed by atoms with E-state index in [0.717, 1.165) is 32.1 Å². The first-order valence-electron chi connectivity index (χ1n) is 9.83. The Balaban J connectivity index is 1.58. The van der Waals surface area contributed by atoms with Crippen LogP contribution in [0.15, 0.2) is 83.8 Å². The van der Waals surface area contributed by atoms with Gasteiger partial charge in [-0.25, -0.2) is 12.8 Å². The SMILES string of the molecule is CN(Cc1ccccc1)C(=O)c1cc2cc(N(C)S(=O)(=O)c3ccc(F)cc3)ccc2s1. The van der Waals surface area contributed by atoms with E-state index in [-0.39, 0.29) is 10.8 Å². The largest absolute Gasteiger partial charge is 0.337 e. The zero-order valence-corrected chi connectivity index (χ0v) is 19.2. The van der Waals surface area contributed by atoms with Crippen LogP contribution < -0.4 is 4.31 Å². The average molecular weight is 469 g/mol. The number of rotatable bonds is 6. The number of hydrogen-bond donors (Lipinski definition) is 0. The zero-order chi connectivity index (χ0) is 22.9. The minimum absolute atomic E-state index is 0.00483. The molecule has 0 atom stereocenters. The van der Waals surface area contributed by atoms with Gasteiger partial charge in [0.15, 0.2) is 0 Å². The van der Waals surface area contributed by atoms with Crippen LogP contribution in [0, 0.1) is 5.82 Å². The molecule has 3 aromatic carbocycles. The van der Waals surface area contributed by atoms with E-state index in [9.17, 15) is 17.6 Å². The van der Waals surface area contributed by atoms with E-state index in [1.807, 2.05) is 30.3 Å². The van der Waals surface area contributed by atoms with Gasteiger partial charge in [-0.05, 0) is 59.5 Å². The number of carbonyl (C=O) groups excluding carboxylic acids is 1. The Morgan fingerprint density at radius 1 is 0.938 bits per heavy atom. The summed E-state index contributed by atoms with van der Waals surface area (Å²) in [6, 6.07) is 21.5. The van der Waals surface area contributed by atoms with Crippen LogP contribution in [0.25, 0.3) is 10.1 Å². The van der Waals surface area contributed by atoms with Gasteiger partial charge in [-0.15, -0.1) is 11.3 Å². The van der Waals surface area contributed by atoms with Crippen molar-refractivity contribution in [3.63, 3.8) is 0 Å². The highest BCUT2D eigenvalue weighted by molar-refractivity contribution is 7.92. The normalized spacial score (nSPS) is 11.5. The van der Waals surface area contributed by atoms with E-state index in [1.165, 1.54) is 30.5 Å². The molecule has 4 aromatic rings. The van der Waals surface area contributed by atoms with Crippen LogP contribution in [-0.2, 0) is 16.6 Å².